The zero-order valence-electron chi connectivity index (χ0n) is 5.85. The maximum absolute atomic E-state index is 9.53. The standard InChI is InChI=1S/C8H8Br2O/c9-4-6-2-1-3-7(5-10)8(6)11/h1-3,11H,4-5H2. The topological polar surface area (TPSA) is 20.2 Å². The van der Waals surface area contributed by atoms with Gasteiger partial charge in [-0.1, -0.05) is 50.1 Å². The van der Waals surface area contributed by atoms with Crippen LogP contribution in [0.2, 0.25) is 0 Å². The van der Waals surface area contributed by atoms with Gasteiger partial charge in [-0.2, -0.15) is 0 Å². The lowest BCUT2D eigenvalue weighted by Crippen LogP contribution is -1.84. The number of phenolic OH excluding ortho intramolecular Hbond substituents is 1. The van der Waals surface area contributed by atoms with E-state index in [2.05, 4.69) is 31.9 Å². The van der Waals surface area contributed by atoms with Gasteiger partial charge in [0.2, 0.25) is 0 Å². The van der Waals surface area contributed by atoms with E-state index in [9.17, 15) is 5.11 Å². The number of aromatic hydroxyl groups is 1. The molecule has 0 atom stereocenters. The van der Waals surface area contributed by atoms with Crippen molar-refractivity contribution in [2.45, 2.75) is 10.7 Å². The Labute approximate surface area is 82.7 Å². The SMILES string of the molecule is Oc1c(CBr)cccc1CBr. The van der Waals surface area contributed by atoms with Crippen LogP contribution in [-0.4, -0.2) is 5.11 Å². The van der Waals surface area contributed by atoms with Crippen molar-refractivity contribution in [3.8, 4) is 5.75 Å². The third-order valence-corrected chi connectivity index (χ3v) is 2.70. The minimum Gasteiger partial charge on any atom is -0.507 e. The molecule has 0 fully saturated rings. The van der Waals surface area contributed by atoms with Crippen LogP contribution < -0.4 is 0 Å². The van der Waals surface area contributed by atoms with Crippen molar-refractivity contribution in [2.24, 2.45) is 0 Å². The van der Waals surface area contributed by atoms with Crippen LogP contribution in [0.1, 0.15) is 11.1 Å². The number of para-hydroxylation sites is 1. The van der Waals surface area contributed by atoms with Crippen LogP contribution in [-0.2, 0) is 10.7 Å². The number of hydrogen-bond donors (Lipinski definition) is 1. The van der Waals surface area contributed by atoms with Crippen molar-refractivity contribution in [2.75, 3.05) is 0 Å². The second-order valence-electron chi connectivity index (χ2n) is 2.19. The first-order chi connectivity index (χ1) is 5.29. The van der Waals surface area contributed by atoms with Gasteiger partial charge < -0.3 is 5.11 Å². The van der Waals surface area contributed by atoms with E-state index >= 15 is 0 Å². The fraction of sp³-hybridized carbons (Fsp3) is 0.250. The van der Waals surface area contributed by atoms with E-state index in [1.807, 2.05) is 18.2 Å². The molecule has 60 valence electrons. The van der Waals surface area contributed by atoms with Gasteiger partial charge in [0.15, 0.2) is 0 Å². The number of hydrogen-bond acceptors (Lipinski definition) is 1. The third kappa shape index (κ3) is 1.97. The first-order valence-electron chi connectivity index (χ1n) is 3.21. The van der Waals surface area contributed by atoms with E-state index in [4.69, 9.17) is 0 Å². The molecule has 0 heterocycles. The molecule has 1 aromatic rings. The van der Waals surface area contributed by atoms with Gasteiger partial charge >= 0.3 is 0 Å². The summed E-state index contributed by atoms with van der Waals surface area (Å²) in [6, 6.07) is 5.74. The molecular formula is C8H8Br2O. The summed E-state index contributed by atoms with van der Waals surface area (Å²) in [6.45, 7) is 0. The molecule has 0 saturated carbocycles. The fourth-order valence-corrected chi connectivity index (χ4v) is 1.77. The highest BCUT2D eigenvalue weighted by molar-refractivity contribution is 9.08. The van der Waals surface area contributed by atoms with Crippen molar-refractivity contribution in [1.82, 2.24) is 0 Å². The molecule has 0 radical (unpaired) electrons. The van der Waals surface area contributed by atoms with Crippen LogP contribution in [0, 0.1) is 0 Å². The summed E-state index contributed by atoms with van der Waals surface area (Å²) < 4.78 is 0. The lowest BCUT2D eigenvalue weighted by molar-refractivity contribution is 0.466. The van der Waals surface area contributed by atoms with E-state index in [1.54, 1.807) is 0 Å². The van der Waals surface area contributed by atoms with Crippen LogP contribution in [0.3, 0.4) is 0 Å². The molecule has 0 bridgehead atoms. The zero-order chi connectivity index (χ0) is 8.27. The minimum atomic E-state index is 0.390. The summed E-state index contributed by atoms with van der Waals surface area (Å²) in [5.74, 6) is 0.390. The molecule has 11 heavy (non-hydrogen) atoms. The van der Waals surface area contributed by atoms with E-state index in [1.165, 1.54) is 0 Å². The highest BCUT2D eigenvalue weighted by atomic mass is 79.9. The Morgan fingerprint density at radius 1 is 1.09 bits per heavy atom. The summed E-state index contributed by atoms with van der Waals surface area (Å²) >= 11 is 6.59. The molecule has 0 aliphatic heterocycles. The third-order valence-electron chi connectivity index (χ3n) is 1.49. The molecule has 0 amide bonds. The highest BCUT2D eigenvalue weighted by Gasteiger charge is 2.03. The average molecular weight is 280 g/mol. The van der Waals surface area contributed by atoms with Crippen molar-refractivity contribution in [3.63, 3.8) is 0 Å². The predicted octanol–water partition coefficient (Wildman–Crippen LogP) is 3.18. The number of benzene rings is 1. The van der Waals surface area contributed by atoms with Gasteiger partial charge in [-0.3, -0.25) is 0 Å². The van der Waals surface area contributed by atoms with E-state index in [-0.39, 0.29) is 0 Å². The number of halogens is 2. The molecule has 1 nitrogen and oxygen atoms in total. The lowest BCUT2D eigenvalue weighted by Gasteiger charge is -2.03. The van der Waals surface area contributed by atoms with Crippen LogP contribution in [0.4, 0.5) is 0 Å². The predicted molar refractivity (Wildman–Crippen MR) is 53.4 cm³/mol. The molecule has 0 aromatic heterocycles. The fourth-order valence-electron chi connectivity index (χ4n) is 0.860. The molecule has 3 heteroatoms. The van der Waals surface area contributed by atoms with Gasteiger partial charge in [0.05, 0.1) is 0 Å². The van der Waals surface area contributed by atoms with Gasteiger partial charge in [0.25, 0.3) is 0 Å². The maximum Gasteiger partial charge on any atom is 0.123 e. The minimum absolute atomic E-state index is 0.390. The van der Waals surface area contributed by atoms with Crippen LogP contribution in [0.15, 0.2) is 18.2 Å². The quantitative estimate of drug-likeness (QED) is 0.825. The molecule has 1 rings (SSSR count). The van der Waals surface area contributed by atoms with Gasteiger partial charge in [-0.05, 0) is 0 Å². The first-order valence-corrected chi connectivity index (χ1v) is 5.45. The molecule has 1 N–H and O–H groups in total. The maximum atomic E-state index is 9.53. The van der Waals surface area contributed by atoms with E-state index < -0.39 is 0 Å². The Morgan fingerprint density at radius 2 is 1.55 bits per heavy atom. The molecule has 0 aliphatic rings. The molecule has 0 saturated heterocycles. The number of alkyl halides is 2. The van der Waals surface area contributed by atoms with Crippen LogP contribution in [0.25, 0.3) is 0 Å². The summed E-state index contributed by atoms with van der Waals surface area (Å²) in [7, 11) is 0. The van der Waals surface area contributed by atoms with Crippen molar-refractivity contribution >= 4 is 31.9 Å². The second-order valence-corrected chi connectivity index (χ2v) is 3.31. The van der Waals surface area contributed by atoms with E-state index in [0.717, 1.165) is 11.1 Å². The van der Waals surface area contributed by atoms with Crippen LogP contribution in [0.5, 0.6) is 5.75 Å². The monoisotopic (exact) mass is 278 g/mol. The number of rotatable bonds is 2. The Balaban J connectivity index is 3.10. The highest BCUT2D eigenvalue weighted by Crippen LogP contribution is 2.25. The first kappa shape index (κ1) is 9.07. The Kier molecular flexibility index (Phi) is 3.40. The van der Waals surface area contributed by atoms with Crippen molar-refractivity contribution in [1.29, 1.82) is 0 Å². The molecule has 1 aromatic carbocycles. The Morgan fingerprint density at radius 3 is 1.91 bits per heavy atom. The molecular weight excluding hydrogens is 272 g/mol. The summed E-state index contributed by atoms with van der Waals surface area (Å²) in [5, 5.41) is 10.9. The Hall–Kier alpha value is -0.0200. The van der Waals surface area contributed by atoms with Gasteiger partial charge in [-0.25, -0.2) is 0 Å². The normalized spacial score (nSPS) is 10.0. The summed E-state index contributed by atoms with van der Waals surface area (Å²) in [5.41, 5.74) is 1.86. The number of phenols is 1. The molecule has 0 unspecified atom stereocenters. The Bertz CT molecular complexity index is 226. The summed E-state index contributed by atoms with van der Waals surface area (Å²) in [4.78, 5) is 0. The van der Waals surface area contributed by atoms with Crippen molar-refractivity contribution in [3.05, 3.63) is 29.3 Å². The van der Waals surface area contributed by atoms with Gasteiger partial charge in [0.1, 0.15) is 5.75 Å². The van der Waals surface area contributed by atoms with E-state index in [0.29, 0.717) is 16.4 Å². The zero-order valence-corrected chi connectivity index (χ0v) is 9.02. The summed E-state index contributed by atoms with van der Waals surface area (Å²) in [6.07, 6.45) is 0. The molecule has 0 spiro atoms. The van der Waals surface area contributed by atoms with Crippen molar-refractivity contribution < 1.29 is 5.11 Å². The second kappa shape index (κ2) is 4.12. The average Bonchev–Trinajstić information content (AvgIpc) is 2.05. The van der Waals surface area contributed by atoms with Crippen LogP contribution >= 0.6 is 31.9 Å². The van der Waals surface area contributed by atoms with Gasteiger partial charge in [-0.15, -0.1) is 0 Å². The van der Waals surface area contributed by atoms with Gasteiger partial charge in [0, 0.05) is 21.8 Å². The lowest BCUT2D eigenvalue weighted by atomic mass is 10.1. The smallest absolute Gasteiger partial charge is 0.123 e. The largest absolute Gasteiger partial charge is 0.507 e. The molecule has 0 aliphatic carbocycles.